The van der Waals surface area contributed by atoms with E-state index in [-0.39, 0.29) is 17.6 Å². The molecule has 1 heterocycles. The predicted molar refractivity (Wildman–Crippen MR) is 99.6 cm³/mol. The molecule has 5 N–H and O–H groups in total. The number of aliphatic imine (C=N–C) groups is 1. The topological polar surface area (TPSA) is 104 Å². The third-order valence-corrected chi connectivity index (χ3v) is 4.08. The fourth-order valence-electron chi connectivity index (χ4n) is 2.68. The van der Waals surface area contributed by atoms with Crippen LogP contribution in [-0.4, -0.2) is 49.9 Å². The van der Waals surface area contributed by atoms with Crippen molar-refractivity contribution in [1.82, 2.24) is 15.5 Å². The number of amides is 2. The Kier molecular flexibility index (Phi) is 6.96. The lowest BCUT2D eigenvalue weighted by Crippen LogP contribution is -2.38. The van der Waals surface area contributed by atoms with Crippen molar-refractivity contribution < 1.29 is 22.7 Å². The number of carbonyl (C=O) groups excluding carboxylic acids is 1. The van der Waals surface area contributed by atoms with Gasteiger partial charge in [-0.3, -0.25) is 4.99 Å². The molecule has 2 amide bonds. The molecule has 0 aromatic heterocycles. The van der Waals surface area contributed by atoms with Crippen LogP contribution < -0.4 is 26.4 Å². The standard InChI is InChI=1S/C17H23F3N6O2/c1-11(24-15(21)22-2)26-8-7-12(10-26)9-23-16(27)25-13-3-5-14(6-4-13)28-17(18,19)20/h3-6,12H,1,7-10H2,2H3,(H3,21,22,24)(H2,23,25,27). The fraction of sp³-hybridized carbons (Fsp3) is 0.412. The zero-order chi connectivity index (χ0) is 20.7. The number of hydrogen-bond donors (Lipinski definition) is 4. The van der Waals surface area contributed by atoms with Gasteiger partial charge in [0, 0.05) is 32.4 Å². The third kappa shape index (κ3) is 6.89. The lowest BCUT2D eigenvalue weighted by Gasteiger charge is -2.22. The van der Waals surface area contributed by atoms with Crippen LogP contribution in [0.5, 0.6) is 5.75 Å². The molecule has 1 aliphatic heterocycles. The van der Waals surface area contributed by atoms with E-state index < -0.39 is 12.4 Å². The number of likely N-dealkylation sites (tertiary alicyclic amines) is 1. The quantitative estimate of drug-likeness (QED) is 0.432. The van der Waals surface area contributed by atoms with E-state index in [0.717, 1.165) is 25.1 Å². The normalized spacial score (nSPS) is 17.2. The van der Waals surface area contributed by atoms with E-state index in [4.69, 9.17) is 5.73 Å². The summed E-state index contributed by atoms with van der Waals surface area (Å²) in [5.74, 6) is 0.799. The van der Waals surface area contributed by atoms with Gasteiger partial charge in [0.25, 0.3) is 0 Å². The van der Waals surface area contributed by atoms with E-state index in [1.54, 1.807) is 7.05 Å². The number of guanidine groups is 1. The number of ether oxygens (including phenoxy) is 1. The van der Waals surface area contributed by atoms with Crippen LogP contribution >= 0.6 is 0 Å². The minimum absolute atomic E-state index is 0.228. The summed E-state index contributed by atoms with van der Waals surface area (Å²) in [5, 5.41) is 8.20. The fourth-order valence-corrected chi connectivity index (χ4v) is 2.68. The van der Waals surface area contributed by atoms with Crippen LogP contribution in [0.4, 0.5) is 23.7 Å². The Morgan fingerprint density at radius 3 is 2.68 bits per heavy atom. The zero-order valence-corrected chi connectivity index (χ0v) is 15.3. The number of alkyl halides is 3. The number of nitrogens with zero attached hydrogens (tertiary/aromatic N) is 2. The molecule has 11 heteroatoms. The highest BCUT2D eigenvalue weighted by Crippen LogP contribution is 2.24. The van der Waals surface area contributed by atoms with Gasteiger partial charge in [0.1, 0.15) is 11.6 Å². The number of anilines is 1. The molecule has 1 aromatic rings. The van der Waals surface area contributed by atoms with Gasteiger partial charge >= 0.3 is 12.4 Å². The van der Waals surface area contributed by atoms with E-state index >= 15 is 0 Å². The zero-order valence-electron chi connectivity index (χ0n) is 15.3. The molecule has 1 fully saturated rings. The second-order valence-corrected chi connectivity index (χ2v) is 6.19. The lowest BCUT2D eigenvalue weighted by molar-refractivity contribution is -0.274. The lowest BCUT2D eigenvalue weighted by atomic mass is 10.1. The summed E-state index contributed by atoms with van der Waals surface area (Å²) < 4.78 is 40.2. The molecule has 0 aliphatic carbocycles. The molecule has 0 spiro atoms. The minimum atomic E-state index is -4.75. The highest BCUT2D eigenvalue weighted by Gasteiger charge is 2.31. The third-order valence-electron chi connectivity index (χ3n) is 4.08. The van der Waals surface area contributed by atoms with Crippen LogP contribution in [0.25, 0.3) is 0 Å². The summed E-state index contributed by atoms with van der Waals surface area (Å²) in [6, 6.07) is 4.46. The van der Waals surface area contributed by atoms with Gasteiger partial charge in [0.2, 0.25) is 0 Å². The summed E-state index contributed by atoms with van der Waals surface area (Å²) in [4.78, 5) is 17.8. The highest BCUT2D eigenvalue weighted by molar-refractivity contribution is 5.89. The summed E-state index contributed by atoms with van der Waals surface area (Å²) >= 11 is 0. The molecule has 0 bridgehead atoms. The molecule has 154 valence electrons. The summed E-state index contributed by atoms with van der Waals surface area (Å²) in [5.41, 5.74) is 5.96. The second kappa shape index (κ2) is 9.20. The molecule has 0 radical (unpaired) electrons. The average molecular weight is 400 g/mol. The number of benzene rings is 1. The number of hydrogen-bond acceptors (Lipinski definition) is 4. The Balaban J connectivity index is 1.73. The maximum atomic E-state index is 12.1. The van der Waals surface area contributed by atoms with Crippen molar-refractivity contribution >= 4 is 17.7 Å². The molecule has 1 aliphatic rings. The van der Waals surface area contributed by atoms with Crippen LogP contribution in [0.2, 0.25) is 0 Å². The van der Waals surface area contributed by atoms with Gasteiger partial charge in [-0.15, -0.1) is 13.2 Å². The first kappa shape index (κ1) is 21.2. The van der Waals surface area contributed by atoms with Gasteiger partial charge in [0.05, 0.1) is 0 Å². The molecule has 28 heavy (non-hydrogen) atoms. The Bertz CT molecular complexity index is 721. The van der Waals surface area contributed by atoms with Crippen molar-refractivity contribution in [3.05, 3.63) is 36.7 Å². The van der Waals surface area contributed by atoms with Gasteiger partial charge < -0.3 is 31.3 Å². The van der Waals surface area contributed by atoms with Crippen molar-refractivity contribution in [2.45, 2.75) is 12.8 Å². The van der Waals surface area contributed by atoms with Gasteiger partial charge in [0.15, 0.2) is 5.96 Å². The van der Waals surface area contributed by atoms with Crippen molar-refractivity contribution in [2.75, 3.05) is 32.0 Å². The van der Waals surface area contributed by atoms with Crippen molar-refractivity contribution in [1.29, 1.82) is 0 Å². The number of carbonyl (C=O) groups is 1. The van der Waals surface area contributed by atoms with E-state index in [1.165, 1.54) is 12.1 Å². The number of halogens is 3. The van der Waals surface area contributed by atoms with Crippen LogP contribution in [0.15, 0.2) is 41.7 Å². The van der Waals surface area contributed by atoms with Crippen molar-refractivity contribution in [2.24, 2.45) is 16.6 Å². The summed E-state index contributed by atoms with van der Waals surface area (Å²) in [6.07, 6.45) is -3.88. The monoisotopic (exact) mass is 400 g/mol. The predicted octanol–water partition coefficient (Wildman–Crippen LogP) is 2.03. The average Bonchev–Trinajstić information content (AvgIpc) is 3.09. The molecule has 1 unspecified atom stereocenters. The second-order valence-electron chi connectivity index (χ2n) is 6.19. The number of nitrogens with two attached hydrogens (primary N) is 1. The first-order valence-corrected chi connectivity index (χ1v) is 8.50. The Hall–Kier alpha value is -3.11. The van der Waals surface area contributed by atoms with Gasteiger partial charge in [-0.05, 0) is 36.6 Å². The Morgan fingerprint density at radius 2 is 2.07 bits per heavy atom. The van der Waals surface area contributed by atoms with E-state index in [1.807, 2.05) is 4.90 Å². The number of urea groups is 1. The number of nitrogens with one attached hydrogen (secondary N) is 3. The maximum absolute atomic E-state index is 12.1. The van der Waals surface area contributed by atoms with Gasteiger partial charge in [-0.25, -0.2) is 4.79 Å². The van der Waals surface area contributed by atoms with Crippen LogP contribution in [0, 0.1) is 5.92 Å². The molecular formula is C17H23F3N6O2. The van der Waals surface area contributed by atoms with Crippen LogP contribution in [-0.2, 0) is 0 Å². The van der Waals surface area contributed by atoms with Crippen molar-refractivity contribution in [3.8, 4) is 5.75 Å². The smallest absolute Gasteiger partial charge is 0.406 e. The molecule has 8 nitrogen and oxygen atoms in total. The molecule has 1 aromatic carbocycles. The SMILES string of the molecule is C=C(NC(N)=NC)N1CCC(CNC(=O)Nc2ccc(OC(F)(F)F)cc2)C1. The van der Waals surface area contributed by atoms with E-state index in [2.05, 4.69) is 32.3 Å². The van der Waals surface area contributed by atoms with Gasteiger partial charge in [-0.2, -0.15) is 0 Å². The summed E-state index contributed by atoms with van der Waals surface area (Å²) in [7, 11) is 1.57. The van der Waals surface area contributed by atoms with Crippen LogP contribution in [0.1, 0.15) is 6.42 Å². The maximum Gasteiger partial charge on any atom is 0.573 e. The molecule has 1 atom stereocenters. The first-order valence-electron chi connectivity index (χ1n) is 8.50. The Morgan fingerprint density at radius 1 is 1.39 bits per heavy atom. The van der Waals surface area contributed by atoms with E-state index in [9.17, 15) is 18.0 Å². The first-order chi connectivity index (χ1) is 13.2. The minimum Gasteiger partial charge on any atom is -0.406 e. The molecular weight excluding hydrogens is 377 g/mol. The van der Waals surface area contributed by atoms with E-state index in [0.29, 0.717) is 24.6 Å². The van der Waals surface area contributed by atoms with Crippen LogP contribution in [0.3, 0.4) is 0 Å². The molecule has 1 saturated heterocycles. The van der Waals surface area contributed by atoms with Crippen molar-refractivity contribution in [3.63, 3.8) is 0 Å². The van der Waals surface area contributed by atoms with Gasteiger partial charge in [-0.1, -0.05) is 6.58 Å². The highest BCUT2D eigenvalue weighted by atomic mass is 19.4. The Labute approximate surface area is 160 Å². The molecule has 2 rings (SSSR count). The summed E-state index contributed by atoms with van der Waals surface area (Å²) in [6.45, 7) is 5.84. The molecule has 0 saturated carbocycles. The largest absolute Gasteiger partial charge is 0.573 e. The number of rotatable bonds is 6.